The number of nitrogens with zero attached hydrogens (tertiary/aromatic N) is 2. The summed E-state index contributed by atoms with van der Waals surface area (Å²) in [7, 11) is 1.84. The molecule has 1 aliphatic carbocycles. The van der Waals surface area contributed by atoms with E-state index in [1.165, 1.54) is 12.8 Å². The molecule has 0 radical (unpaired) electrons. The first kappa shape index (κ1) is 15.8. The van der Waals surface area contributed by atoms with Crippen LogP contribution >= 0.6 is 0 Å². The minimum Gasteiger partial charge on any atom is -0.373 e. The Hall–Kier alpha value is -1.58. The predicted molar refractivity (Wildman–Crippen MR) is 86.8 cm³/mol. The topological polar surface area (TPSA) is 45.2 Å². The lowest BCUT2D eigenvalue weighted by Crippen LogP contribution is -2.33. The van der Waals surface area contributed by atoms with E-state index in [-0.39, 0.29) is 11.3 Å². The number of hydrogen-bond acceptors (Lipinski definition) is 3. The standard InChI is InChI=1S/C17H27N3O/c1-6-20(11-12-7-8-12)16(21)13-9-14(17(2,3)4)19-15(10-13)18-5/h9-10,12H,6-8,11H2,1-5H3,(H,18,19). The van der Waals surface area contributed by atoms with Crippen LogP contribution in [0.3, 0.4) is 0 Å². The second-order valence-electron chi connectivity index (χ2n) is 6.91. The monoisotopic (exact) mass is 289 g/mol. The van der Waals surface area contributed by atoms with Crippen molar-refractivity contribution in [3.63, 3.8) is 0 Å². The summed E-state index contributed by atoms with van der Waals surface area (Å²) in [6, 6.07) is 3.80. The Kier molecular flexibility index (Phi) is 4.55. The molecule has 1 saturated carbocycles. The molecule has 116 valence electrons. The third kappa shape index (κ3) is 3.96. The minimum atomic E-state index is -0.0740. The Labute approximate surface area is 127 Å². The van der Waals surface area contributed by atoms with Gasteiger partial charge in [-0.05, 0) is 37.8 Å². The molecule has 0 atom stereocenters. The summed E-state index contributed by atoms with van der Waals surface area (Å²) >= 11 is 0. The summed E-state index contributed by atoms with van der Waals surface area (Å²) in [5.74, 6) is 1.59. The molecule has 1 amide bonds. The van der Waals surface area contributed by atoms with E-state index in [0.717, 1.165) is 30.2 Å². The molecule has 2 rings (SSSR count). The molecule has 1 fully saturated rings. The van der Waals surface area contributed by atoms with E-state index in [1.54, 1.807) is 0 Å². The van der Waals surface area contributed by atoms with Crippen molar-refractivity contribution < 1.29 is 4.79 Å². The lowest BCUT2D eigenvalue weighted by molar-refractivity contribution is 0.0756. The normalized spacial score (nSPS) is 14.9. The quantitative estimate of drug-likeness (QED) is 0.904. The van der Waals surface area contributed by atoms with E-state index in [2.05, 4.69) is 31.1 Å². The summed E-state index contributed by atoms with van der Waals surface area (Å²) in [5, 5.41) is 3.06. The number of carbonyl (C=O) groups excluding carboxylic acids is 1. The van der Waals surface area contributed by atoms with Gasteiger partial charge in [-0.1, -0.05) is 20.8 Å². The van der Waals surface area contributed by atoms with Gasteiger partial charge in [-0.2, -0.15) is 0 Å². The fourth-order valence-electron chi connectivity index (χ4n) is 2.32. The molecule has 0 aliphatic heterocycles. The Morgan fingerprint density at radius 3 is 2.52 bits per heavy atom. The van der Waals surface area contributed by atoms with Crippen molar-refractivity contribution in [2.45, 2.75) is 46.0 Å². The molecule has 1 N–H and O–H groups in total. The van der Waals surface area contributed by atoms with Gasteiger partial charge >= 0.3 is 0 Å². The van der Waals surface area contributed by atoms with E-state index in [4.69, 9.17) is 0 Å². The average Bonchev–Trinajstić information content (AvgIpc) is 3.26. The number of hydrogen-bond donors (Lipinski definition) is 1. The number of aromatic nitrogens is 1. The first-order valence-corrected chi connectivity index (χ1v) is 7.84. The van der Waals surface area contributed by atoms with E-state index < -0.39 is 0 Å². The van der Waals surface area contributed by atoms with Crippen molar-refractivity contribution in [1.82, 2.24) is 9.88 Å². The van der Waals surface area contributed by atoms with Gasteiger partial charge in [0.05, 0.1) is 0 Å². The summed E-state index contributed by atoms with van der Waals surface area (Å²) < 4.78 is 0. The van der Waals surface area contributed by atoms with Crippen molar-refractivity contribution in [3.05, 3.63) is 23.4 Å². The summed E-state index contributed by atoms with van der Waals surface area (Å²) in [5.41, 5.74) is 1.61. The third-order valence-corrected chi connectivity index (χ3v) is 3.94. The van der Waals surface area contributed by atoms with Crippen LogP contribution < -0.4 is 5.32 Å². The first-order chi connectivity index (χ1) is 9.85. The largest absolute Gasteiger partial charge is 0.373 e. The molecule has 21 heavy (non-hydrogen) atoms. The first-order valence-electron chi connectivity index (χ1n) is 7.84. The average molecular weight is 289 g/mol. The molecule has 1 aromatic heterocycles. The SMILES string of the molecule is CCN(CC1CC1)C(=O)c1cc(NC)nc(C(C)(C)C)c1. The van der Waals surface area contributed by atoms with Gasteiger partial charge in [0.25, 0.3) is 5.91 Å². The Bertz CT molecular complexity index is 515. The molecule has 0 unspecified atom stereocenters. The van der Waals surface area contributed by atoms with Crippen molar-refractivity contribution >= 4 is 11.7 Å². The Morgan fingerprint density at radius 1 is 1.38 bits per heavy atom. The predicted octanol–water partition coefficient (Wildman–Crippen LogP) is 3.29. The number of pyridine rings is 1. The van der Waals surface area contributed by atoms with E-state index in [9.17, 15) is 4.79 Å². The van der Waals surface area contributed by atoms with Crippen LogP contribution in [0.2, 0.25) is 0 Å². The van der Waals surface area contributed by atoms with Crippen molar-refractivity contribution in [1.29, 1.82) is 0 Å². The lowest BCUT2D eigenvalue weighted by Gasteiger charge is -2.23. The highest BCUT2D eigenvalue weighted by Gasteiger charge is 2.27. The van der Waals surface area contributed by atoms with Crippen LogP contribution in [0, 0.1) is 5.92 Å². The van der Waals surface area contributed by atoms with Gasteiger partial charge in [-0.25, -0.2) is 4.98 Å². The van der Waals surface area contributed by atoms with Crippen LogP contribution in [0.5, 0.6) is 0 Å². The Morgan fingerprint density at radius 2 is 2.05 bits per heavy atom. The fourth-order valence-corrected chi connectivity index (χ4v) is 2.32. The maximum absolute atomic E-state index is 12.8. The number of anilines is 1. The molecule has 1 heterocycles. The summed E-state index contributed by atoms with van der Waals surface area (Å²) in [6.07, 6.45) is 2.52. The van der Waals surface area contributed by atoms with E-state index in [0.29, 0.717) is 5.92 Å². The zero-order valence-corrected chi connectivity index (χ0v) is 13.9. The minimum absolute atomic E-state index is 0.0740. The van der Waals surface area contributed by atoms with Crippen LogP contribution in [-0.4, -0.2) is 35.9 Å². The number of nitrogens with one attached hydrogen (secondary N) is 1. The van der Waals surface area contributed by atoms with Crippen LogP contribution in [0.15, 0.2) is 12.1 Å². The highest BCUT2D eigenvalue weighted by Crippen LogP contribution is 2.30. The van der Waals surface area contributed by atoms with Crippen molar-refractivity contribution in [2.75, 3.05) is 25.5 Å². The molecule has 1 aliphatic rings. The molecule has 0 bridgehead atoms. The van der Waals surface area contributed by atoms with Crippen LogP contribution in [0.4, 0.5) is 5.82 Å². The van der Waals surface area contributed by atoms with Crippen molar-refractivity contribution in [2.24, 2.45) is 5.92 Å². The highest BCUT2D eigenvalue weighted by molar-refractivity contribution is 5.95. The van der Waals surface area contributed by atoms with Crippen molar-refractivity contribution in [3.8, 4) is 0 Å². The van der Waals surface area contributed by atoms with Gasteiger partial charge < -0.3 is 10.2 Å². The Balaban J connectivity index is 2.30. The second-order valence-corrected chi connectivity index (χ2v) is 6.91. The molecule has 1 aromatic rings. The molecule has 4 nitrogen and oxygen atoms in total. The summed E-state index contributed by atoms with van der Waals surface area (Å²) in [6.45, 7) is 10.0. The number of amides is 1. The third-order valence-electron chi connectivity index (χ3n) is 3.94. The molecule has 0 aromatic carbocycles. The van der Waals surface area contributed by atoms with Crippen LogP contribution in [-0.2, 0) is 5.41 Å². The number of carbonyl (C=O) groups is 1. The zero-order chi connectivity index (χ0) is 15.6. The van der Waals surface area contributed by atoms with Gasteiger partial charge in [0.1, 0.15) is 5.82 Å². The van der Waals surface area contributed by atoms with E-state index in [1.807, 2.05) is 31.0 Å². The molecular weight excluding hydrogens is 262 g/mol. The van der Waals surface area contributed by atoms with Gasteiger partial charge in [-0.15, -0.1) is 0 Å². The van der Waals surface area contributed by atoms with Gasteiger partial charge in [0.15, 0.2) is 0 Å². The smallest absolute Gasteiger partial charge is 0.254 e. The number of rotatable bonds is 5. The zero-order valence-electron chi connectivity index (χ0n) is 13.9. The van der Waals surface area contributed by atoms with E-state index >= 15 is 0 Å². The lowest BCUT2D eigenvalue weighted by atomic mass is 9.90. The van der Waals surface area contributed by atoms with Gasteiger partial charge in [0, 0.05) is 36.8 Å². The van der Waals surface area contributed by atoms with Crippen LogP contribution in [0.25, 0.3) is 0 Å². The molecule has 4 heteroatoms. The fraction of sp³-hybridized carbons (Fsp3) is 0.647. The maximum Gasteiger partial charge on any atom is 0.254 e. The summed E-state index contributed by atoms with van der Waals surface area (Å²) in [4.78, 5) is 19.3. The van der Waals surface area contributed by atoms with Gasteiger partial charge in [-0.3, -0.25) is 4.79 Å². The molecule has 0 spiro atoms. The molecular formula is C17H27N3O. The van der Waals surface area contributed by atoms with Crippen LogP contribution in [0.1, 0.15) is 56.6 Å². The second kappa shape index (κ2) is 6.04. The molecule has 0 saturated heterocycles. The van der Waals surface area contributed by atoms with Gasteiger partial charge in [0.2, 0.25) is 0 Å². The highest BCUT2D eigenvalue weighted by atomic mass is 16.2. The maximum atomic E-state index is 12.8.